The summed E-state index contributed by atoms with van der Waals surface area (Å²) in [6.07, 6.45) is 3.13. The van der Waals surface area contributed by atoms with Gasteiger partial charge in [-0.05, 0) is 42.3 Å². The zero-order chi connectivity index (χ0) is 20.7. The van der Waals surface area contributed by atoms with Gasteiger partial charge in [0.25, 0.3) is 0 Å². The predicted molar refractivity (Wildman–Crippen MR) is 112 cm³/mol. The first-order valence-electron chi connectivity index (χ1n) is 9.06. The number of amides is 1. The van der Waals surface area contributed by atoms with Gasteiger partial charge >= 0.3 is 0 Å². The van der Waals surface area contributed by atoms with E-state index in [4.69, 9.17) is 4.74 Å². The van der Waals surface area contributed by atoms with E-state index in [0.29, 0.717) is 24.5 Å². The van der Waals surface area contributed by atoms with E-state index >= 15 is 0 Å². The summed E-state index contributed by atoms with van der Waals surface area (Å²) in [4.78, 5) is 12.5. The highest BCUT2D eigenvalue weighted by Crippen LogP contribution is 2.29. The molecule has 0 aliphatic rings. The maximum absolute atomic E-state index is 12.7. The smallest absolute Gasteiger partial charge is 0.248 e. The van der Waals surface area contributed by atoms with Crippen LogP contribution in [0.2, 0.25) is 0 Å². The lowest BCUT2D eigenvalue weighted by atomic mass is 10.1. The summed E-state index contributed by atoms with van der Waals surface area (Å²) < 4.78 is 32.1. The summed E-state index contributed by atoms with van der Waals surface area (Å²) in [5.74, 6) is 0.00933. The van der Waals surface area contributed by atoms with Crippen molar-refractivity contribution in [2.24, 2.45) is 0 Å². The van der Waals surface area contributed by atoms with E-state index in [1.165, 1.54) is 35.7 Å². The fourth-order valence-electron chi connectivity index (χ4n) is 2.77. The van der Waals surface area contributed by atoms with Gasteiger partial charge in [-0.15, -0.1) is 0 Å². The Morgan fingerprint density at radius 3 is 2.43 bits per heavy atom. The van der Waals surface area contributed by atoms with Gasteiger partial charge in [0.05, 0.1) is 17.7 Å². The van der Waals surface area contributed by atoms with Crippen molar-refractivity contribution in [2.45, 2.75) is 25.7 Å². The maximum Gasteiger partial charge on any atom is 0.248 e. The second kappa shape index (κ2) is 9.52. The number of benzene rings is 2. The van der Waals surface area contributed by atoms with Crippen LogP contribution in [-0.2, 0) is 14.8 Å². The lowest BCUT2D eigenvalue weighted by Gasteiger charge is -2.19. The molecule has 1 amide bonds. The second-order valence-corrected chi connectivity index (χ2v) is 8.07. The molecule has 0 fully saturated rings. The van der Waals surface area contributed by atoms with E-state index in [9.17, 15) is 13.2 Å². The highest BCUT2D eigenvalue weighted by molar-refractivity contribution is 7.89. The minimum Gasteiger partial charge on any atom is -0.495 e. The lowest BCUT2D eigenvalue weighted by molar-refractivity contribution is -0.111. The van der Waals surface area contributed by atoms with Gasteiger partial charge in [-0.2, -0.15) is 4.31 Å². The Balaban J connectivity index is 2.29. The largest absolute Gasteiger partial charge is 0.495 e. The SMILES string of the molecule is CCN(CC)S(=O)(=O)c1ccc(OC)c(NC(=O)/C=C/c2ccccc2C)c1. The zero-order valence-electron chi connectivity index (χ0n) is 16.6. The predicted octanol–water partition coefficient (Wildman–Crippen LogP) is 3.69. The Bertz CT molecular complexity index is 964. The average Bonchev–Trinajstić information content (AvgIpc) is 2.68. The van der Waals surface area contributed by atoms with Crippen LogP contribution in [0.4, 0.5) is 5.69 Å². The van der Waals surface area contributed by atoms with Crippen LogP contribution in [0.1, 0.15) is 25.0 Å². The number of carbonyl (C=O) groups is 1. The van der Waals surface area contributed by atoms with Crippen molar-refractivity contribution in [1.29, 1.82) is 0 Å². The van der Waals surface area contributed by atoms with Crippen LogP contribution in [-0.4, -0.2) is 38.8 Å². The van der Waals surface area contributed by atoms with Gasteiger partial charge in [0.15, 0.2) is 0 Å². The molecule has 0 saturated carbocycles. The number of carbonyl (C=O) groups excluding carboxylic acids is 1. The molecule has 7 heteroatoms. The Labute approximate surface area is 166 Å². The molecule has 150 valence electrons. The molecule has 6 nitrogen and oxygen atoms in total. The van der Waals surface area contributed by atoms with E-state index in [2.05, 4.69) is 5.32 Å². The number of hydrogen-bond donors (Lipinski definition) is 1. The molecular formula is C21H26N2O4S. The van der Waals surface area contributed by atoms with Crippen molar-refractivity contribution in [3.8, 4) is 5.75 Å². The molecule has 1 N–H and O–H groups in total. The van der Waals surface area contributed by atoms with E-state index in [-0.39, 0.29) is 10.8 Å². The van der Waals surface area contributed by atoms with Crippen LogP contribution < -0.4 is 10.1 Å². The van der Waals surface area contributed by atoms with Gasteiger partial charge in [-0.3, -0.25) is 4.79 Å². The highest BCUT2D eigenvalue weighted by Gasteiger charge is 2.23. The number of rotatable bonds is 8. The first kappa shape index (κ1) is 21.7. The molecule has 0 saturated heterocycles. The van der Waals surface area contributed by atoms with Crippen LogP contribution in [0.3, 0.4) is 0 Å². The normalized spacial score (nSPS) is 11.8. The van der Waals surface area contributed by atoms with Crippen LogP contribution in [0, 0.1) is 6.92 Å². The summed E-state index contributed by atoms with van der Waals surface area (Å²) >= 11 is 0. The van der Waals surface area contributed by atoms with E-state index in [1.54, 1.807) is 19.9 Å². The molecule has 0 heterocycles. The van der Waals surface area contributed by atoms with Crippen molar-refractivity contribution >= 4 is 27.7 Å². The molecular weight excluding hydrogens is 376 g/mol. The molecule has 0 unspecified atom stereocenters. The minimum absolute atomic E-state index is 0.107. The Hall–Kier alpha value is -2.64. The topological polar surface area (TPSA) is 75.7 Å². The number of sulfonamides is 1. The lowest BCUT2D eigenvalue weighted by Crippen LogP contribution is -2.30. The molecule has 2 aromatic carbocycles. The van der Waals surface area contributed by atoms with Gasteiger partial charge in [-0.25, -0.2) is 8.42 Å². The first-order valence-corrected chi connectivity index (χ1v) is 10.5. The second-order valence-electron chi connectivity index (χ2n) is 6.13. The van der Waals surface area contributed by atoms with Gasteiger partial charge < -0.3 is 10.1 Å². The van der Waals surface area contributed by atoms with Crippen LogP contribution in [0.25, 0.3) is 6.08 Å². The van der Waals surface area contributed by atoms with Crippen molar-refractivity contribution in [3.05, 3.63) is 59.7 Å². The molecule has 2 rings (SSSR count). The maximum atomic E-state index is 12.7. The molecule has 0 bridgehead atoms. The molecule has 2 aromatic rings. The van der Waals surface area contributed by atoms with Crippen LogP contribution >= 0.6 is 0 Å². The van der Waals surface area contributed by atoms with Crippen molar-refractivity contribution < 1.29 is 17.9 Å². The fraction of sp³-hybridized carbons (Fsp3) is 0.286. The Morgan fingerprint density at radius 2 is 1.82 bits per heavy atom. The standard InChI is InChI=1S/C21H26N2O4S/c1-5-23(6-2)28(25,26)18-12-13-20(27-4)19(15-18)22-21(24)14-11-17-10-8-7-9-16(17)3/h7-15H,5-6H2,1-4H3,(H,22,24)/b14-11+. The highest BCUT2D eigenvalue weighted by atomic mass is 32.2. The van der Waals surface area contributed by atoms with Gasteiger partial charge in [0.1, 0.15) is 5.75 Å². The summed E-state index contributed by atoms with van der Waals surface area (Å²) in [5, 5.41) is 2.70. The Kier molecular flexibility index (Phi) is 7.37. The number of hydrogen-bond acceptors (Lipinski definition) is 4. The summed E-state index contributed by atoms with van der Waals surface area (Å²) in [6.45, 7) is 6.26. The molecule has 0 aliphatic heterocycles. The molecule has 0 spiro atoms. The minimum atomic E-state index is -3.64. The fourth-order valence-corrected chi connectivity index (χ4v) is 4.26. The van der Waals surface area contributed by atoms with Gasteiger partial charge in [-0.1, -0.05) is 38.1 Å². The summed E-state index contributed by atoms with van der Waals surface area (Å²) in [7, 11) is -2.17. The number of nitrogens with zero attached hydrogens (tertiary/aromatic N) is 1. The monoisotopic (exact) mass is 402 g/mol. The van der Waals surface area contributed by atoms with Crippen LogP contribution in [0.15, 0.2) is 53.4 Å². The summed E-state index contributed by atoms with van der Waals surface area (Å²) in [6, 6.07) is 12.1. The Morgan fingerprint density at radius 1 is 1.14 bits per heavy atom. The molecule has 0 aromatic heterocycles. The van der Waals surface area contributed by atoms with Gasteiger partial charge in [0, 0.05) is 19.2 Å². The number of nitrogens with one attached hydrogen (secondary N) is 1. The number of methoxy groups -OCH3 is 1. The number of ether oxygens (including phenoxy) is 1. The van der Waals surface area contributed by atoms with Crippen LogP contribution in [0.5, 0.6) is 5.75 Å². The molecule has 0 radical (unpaired) electrons. The molecule has 0 aliphatic carbocycles. The van der Waals surface area contributed by atoms with E-state index < -0.39 is 10.0 Å². The van der Waals surface area contributed by atoms with Gasteiger partial charge in [0.2, 0.25) is 15.9 Å². The molecule has 28 heavy (non-hydrogen) atoms. The summed E-state index contributed by atoms with van der Waals surface area (Å²) in [5.41, 5.74) is 2.29. The first-order chi connectivity index (χ1) is 13.3. The third kappa shape index (κ3) is 4.99. The van der Waals surface area contributed by atoms with Crippen molar-refractivity contribution in [1.82, 2.24) is 4.31 Å². The zero-order valence-corrected chi connectivity index (χ0v) is 17.4. The number of anilines is 1. The number of aryl methyl sites for hydroxylation is 1. The van der Waals surface area contributed by atoms with Crippen molar-refractivity contribution in [2.75, 3.05) is 25.5 Å². The van der Waals surface area contributed by atoms with Crippen molar-refractivity contribution in [3.63, 3.8) is 0 Å². The molecule has 0 atom stereocenters. The quantitative estimate of drug-likeness (QED) is 0.684. The average molecular weight is 403 g/mol. The van der Waals surface area contributed by atoms with E-state index in [0.717, 1.165) is 11.1 Å². The third-order valence-corrected chi connectivity index (χ3v) is 6.42. The van der Waals surface area contributed by atoms with E-state index in [1.807, 2.05) is 31.2 Å². The third-order valence-electron chi connectivity index (χ3n) is 4.37.